The Morgan fingerprint density at radius 1 is 0.438 bits per heavy atom. The first kappa shape index (κ1) is 74.4. The Morgan fingerprint density at radius 3 is 1.11 bits per heavy atom. The van der Waals surface area contributed by atoms with Crippen LogP contribution in [0.25, 0.3) is 0 Å². The highest BCUT2D eigenvalue weighted by atomic mass is 31.2. The van der Waals surface area contributed by atoms with Crippen molar-refractivity contribution in [1.29, 1.82) is 0 Å². The summed E-state index contributed by atoms with van der Waals surface area (Å²) in [7, 11) is 1.56. The number of carbonyl (C=O) groups is 4. The number of aliphatic hydroxyl groups excluding tert-OH is 5. The SMILES string of the molecule is CC(=O)OC[C@H]1O[C@@H](C)[C@H](C)[C@@H]1OC(C)=O.COc1ccc(O)cc1.COc1ccc(OC2O[C@H](COC(C)=O)[C@@H](OC(C)=O)[C@H]2C)cc1.COc1ccc(O[C@@H]2O[C@H](CO)[C@@H](O)[C@H]2O)cc1.COc1ccc(O[C@@H]2O[C@H](COP(=O)(O)O)[C@@H](O)[C@H]2O)cc1. The lowest BCUT2D eigenvalue weighted by molar-refractivity contribution is -0.158. The minimum Gasteiger partial charge on any atom is -0.508 e. The maximum atomic E-state index is 11.3. The summed E-state index contributed by atoms with van der Waals surface area (Å²) >= 11 is 0. The zero-order chi connectivity index (χ0) is 66.1. The molecule has 29 nitrogen and oxygen atoms in total. The molecule has 496 valence electrons. The molecule has 1 unspecified atom stereocenters. The molecule has 16 atom stereocenters. The lowest BCUT2D eigenvalue weighted by Crippen LogP contribution is -2.35. The molecule has 4 aromatic carbocycles. The van der Waals surface area contributed by atoms with Gasteiger partial charge >= 0.3 is 31.7 Å². The third-order valence-corrected chi connectivity index (χ3v) is 13.9. The second-order valence-electron chi connectivity index (χ2n) is 20.0. The van der Waals surface area contributed by atoms with E-state index in [0.717, 1.165) is 5.75 Å². The van der Waals surface area contributed by atoms with E-state index in [4.69, 9.17) is 91.1 Å². The maximum absolute atomic E-state index is 11.3. The van der Waals surface area contributed by atoms with Gasteiger partial charge in [-0.05, 0) is 104 Å². The van der Waals surface area contributed by atoms with Crippen molar-refractivity contribution in [2.45, 2.75) is 134 Å². The summed E-state index contributed by atoms with van der Waals surface area (Å²) in [5, 5.41) is 56.6. The first-order valence-electron chi connectivity index (χ1n) is 27.6. The number of aliphatic hydroxyl groups is 5. The largest absolute Gasteiger partial charge is 0.508 e. The second-order valence-corrected chi connectivity index (χ2v) is 21.2. The summed E-state index contributed by atoms with van der Waals surface area (Å²) in [6.07, 6.45) is -11.7. The molecule has 0 spiro atoms. The van der Waals surface area contributed by atoms with Gasteiger partial charge in [-0.2, -0.15) is 0 Å². The molecule has 0 aromatic heterocycles. The molecule has 4 aromatic rings. The molecule has 0 bridgehead atoms. The van der Waals surface area contributed by atoms with Crippen molar-refractivity contribution in [1.82, 2.24) is 0 Å². The van der Waals surface area contributed by atoms with Crippen LogP contribution in [0, 0.1) is 11.8 Å². The van der Waals surface area contributed by atoms with E-state index in [0.29, 0.717) is 34.5 Å². The number of hydrogen-bond acceptors (Lipinski definition) is 27. The van der Waals surface area contributed by atoms with Gasteiger partial charge in [-0.25, -0.2) is 4.57 Å². The van der Waals surface area contributed by atoms with Crippen molar-refractivity contribution in [3.63, 3.8) is 0 Å². The van der Waals surface area contributed by atoms with Gasteiger partial charge in [0.05, 0.1) is 53.7 Å². The van der Waals surface area contributed by atoms with E-state index in [1.807, 2.05) is 20.8 Å². The summed E-state index contributed by atoms with van der Waals surface area (Å²) in [5.41, 5.74) is 0. The Morgan fingerprint density at radius 2 is 0.764 bits per heavy atom. The summed E-state index contributed by atoms with van der Waals surface area (Å²) in [4.78, 5) is 61.2. The Bertz CT molecular complexity index is 2790. The molecule has 8 rings (SSSR count). The Balaban J connectivity index is 0.000000244. The van der Waals surface area contributed by atoms with Crippen molar-refractivity contribution in [2.75, 3.05) is 54.9 Å². The molecule has 0 saturated carbocycles. The second kappa shape index (κ2) is 36.5. The molecule has 8 N–H and O–H groups in total. The summed E-state index contributed by atoms with van der Waals surface area (Å²) in [6.45, 7) is 10.2. The number of aromatic hydroxyl groups is 1. The fraction of sp³-hybridized carbons (Fsp3) is 0.525. The molecule has 0 amide bonds. The van der Waals surface area contributed by atoms with Gasteiger partial charge in [-0.15, -0.1) is 0 Å². The Hall–Kier alpha value is -7.09. The van der Waals surface area contributed by atoms with Gasteiger partial charge in [-0.3, -0.25) is 23.7 Å². The zero-order valence-corrected chi connectivity index (χ0v) is 51.8. The predicted molar refractivity (Wildman–Crippen MR) is 308 cm³/mol. The van der Waals surface area contributed by atoms with Gasteiger partial charge in [0.1, 0.15) is 120 Å². The van der Waals surface area contributed by atoms with E-state index < -0.39 is 94.1 Å². The van der Waals surface area contributed by atoms with E-state index in [-0.39, 0.29) is 67.7 Å². The fourth-order valence-corrected chi connectivity index (χ4v) is 8.87. The van der Waals surface area contributed by atoms with Gasteiger partial charge in [-0.1, -0.05) is 13.8 Å². The van der Waals surface area contributed by atoms with Crippen molar-refractivity contribution in [2.24, 2.45) is 11.8 Å². The van der Waals surface area contributed by atoms with Crippen LogP contribution < -0.4 is 33.2 Å². The number of methoxy groups -OCH3 is 4. The van der Waals surface area contributed by atoms with Crippen molar-refractivity contribution in [3.05, 3.63) is 97.1 Å². The highest BCUT2D eigenvalue weighted by Crippen LogP contribution is 2.38. The number of benzene rings is 4. The fourth-order valence-electron chi connectivity index (χ4n) is 8.53. The minimum atomic E-state index is -4.69. The molecule has 0 aliphatic carbocycles. The molecular formula is C59H81O29P. The van der Waals surface area contributed by atoms with E-state index >= 15 is 0 Å². The third kappa shape index (κ3) is 24.7. The molecule has 4 fully saturated rings. The molecular weight excluding hydrogens is 1200 g/mol. The normalized spacial score (nSPS) is 27.3. The minimum absolute atomic E-state index is 0.0000918. The summed E-state index contributed by atoms with van der Waals surface area (Å²) in [6, 6.07) is 26.8. The number of phenols is 1. The van der Waals surface area contributed by atoms with Gasteiger partial charge in [0.15, 0.2) is 0 Å². The molecule has 89 heavy (non-hydrogen) atoms. The van der Waals surface area contributed by atoms with Crippen LogP contribution in [0.4, 0.5) is 0 Å². The zero-order valence-electron chi connectivity index (χ0n) is 50.9. The topological polar surface area (TPSA) is 395 Å². The molecule has 4 saturated heterocycles. The molecule has 4 aliphatic rings. The van der Waals surface area contributed by atoms with Crippen LogP contribution in [0.2, 0.25) is 0 Å². The van der Waals surface area contributed by atoms with Crippen LogP contribution in [0.3, 0.4) is 0 Å². The predicted octanol–water partition coefficient (Wildman–Crippen LogP) is 3.38. The lowest BCUT2D eigenvalue weighted by Gasteiger charge is -2.20. The number of phenolic OH excluding ortho intramolecular Hbond substituents is 1. The van der Waals surface area contributed by atoms with E-state index in [1.165, 1.54) is 34.8 Å². The maximum Gasteiger partial charge on any atom is 0.469 e. The molecule has 0 radical (unpaired) electrons. The highest BCUT2D eigenvalue weighted by Gasteiger charge is 2.48. The van der Waals surface area contributed by atoms with Crippen LogP contribution in [-0.2, 0) is 66.2 Å². The highest BCUT2D eigenvalue weighted by molar-refractivity contribution is 7.46. The van der Waals surface area contributed by atoms with Gasteiger partial charge < -0.3 is 111 Å². The van der Waals surface area contributed by atoms with E-state index in [9.17, 15) is 44.2 Å². The monoisotopic (exact) mass is 1280 g/mol. The number of phosphoric ester groups is 1. The Labute approximate surface area is 514 Å². The van der Waals surface area contributed by atoms with Gasteiger partial charge in [0, 0.05) is 33.6 Å². The summed E-state index contributed by atoms with van der Waals surface area (Å²) in [5.74, 6) is 2.80. The average Bonchev–Trinajstić information content (AvgIpc) is 2.16. The Kier molecular flexibility index (Phi) is 30.5. The van der Waals surface area contributed by atoms with Crippen molar-refractivity contribution >= 4 is 31.7 Å². The number of rotatable bonds is 20. The molecule has 4 aliphatic heterocycles. The van der Waals surface area contributed by atoms with Crippen LogP contribution in [0.1, 0.15) is 48.5 Å². The van der Waals surface area contributed by atoms with Crippen LogP contribution >= 0.6 is 7.82 Å². The third-order valence-electron chi connectivity index (χ3n) is 13.4. The van der Waals surface area contributed by atoms with Crippen LogP contribution in [-0.4, -0.2) is 205 Å². The van der Waals surface area contributed by atoms with Crippen LogP contribution in [0.5, 0.6) is 46.0 Å². The summed E-state index contributed by atoms with van der Waals surface area (Å²) < 4.78 is 93.6. The first-order valence-corrected chi connectivity index (χ1v) is 29.1. The van der Waals surface area contributed by atoms with Gasteiger partial charge in [0.2, 0.25) is 18.9 Å². The number of carbonyl (C=O) groups excluding carboxylic acids is 4. The van der Waals surface area contributed by atoms with Crippen molar-refractivity contribution in [3.8, 4) is 46.0 Å². The molecule has 4 heterocycles. The van der Waals surface area contributed by atoms with E-state index in [1.54, 1.807) is 118 Å². The average molecular weight is 1290 g/mol. The van der Waals surface area contributed by atoms with Crippen molar-refractivity contribution < 1.29 is 140 Å². The number of hydrogen-bond donors (Lipinski definition) is 8. The van der Waals surface area contributed by atoms with Gasteiger partial charge in [0.25, 0.3) is 0 Å². The number of esters is 4. The van der Waals surface area contributed by atoms with Crippen LogP contribution in [0.15, 0.2) is 97.1 Å². The standard InChI is InChI=1S/C17H22O7.C12H17O9P.C12H16O6.C11H18O5.C7H8O2/c1-10-16(22-12(3)19)15(9-21-11(2)18)24-17(10)23-14-7-5-13(20-4)6-8-14;1-18-7-2-4-8(5-3-7)20-12-11(14)10(13)9(21-12)6-19-22(15,16)17;1-16-7-2-4-8(5-3-7)17-12-11(15)10(14)9(6-13)18-12;1-6-7(2)15-10(5-14-8(3)12)11(6)16-9(4)13;1-9-7-4-2-6(8)3-5-7/h5-8,10,15-17H,9H2,1-4H3;2-5,9-14H,6H2,1H3,(H2,15,16,17);2-5,9-15H,6H2,1H3;6-7,10-11H,5H2,1-4H3;2-5,8H,1H3/t10-,15-,16+,17?;2*9-,10-,11-,12-;6-,7-,10+,11-;/m1110./s1. The smallest absolute Gasteiger partial charge is 0.469 e. The van der Waals surface area contributed by atoms with E-state index in [2.05, 4.69) is 4.52 Å². The lowest BCUT2D eigenvalue weighted by atomic mass is 9.99. The molecule has 30 heteroatoms. The number of ether oxygens (including phenoxy) is 15. The number of phosphoric acid groups is 1. The first-order chi connectivity index (χ1) is 42.1. The quantitative estimate of drug-likeness (QED) is 0.0357.